The first-order chi connectivity index (χ1) is 13.0. The molecule has 0 atom stereocenters. The Labute approximate surface area is 167 Å². The summed E-state index contributed by atoms with van der Waals surface area (Å²) in [5.74, 6) is 0.537. The molecule has 0 fully saturated rings. The van der Waals surface area contributed by atoms with Gasteiger partial charge in [-0.2, -0.15) is 0 Å². The molecule has 0 saturated heterocycles. The molecule has 0 spiro atoms. The second-order valence-electron chi connectivity index (χ2n) is 5.34. The molecule has 2 rings (SSSR count). The molecule has 6 nitrogen and oxygen atoms in total. The highest BCUT2D eigenvalue weighted by Gasteiger charge is 2.19. The number of rotatable bonds is 8. The average molecular weight is 410 g/mol. The molecular formula is C19H20ClNO5S. The molecule has 0 aliphatic carbocycles. The fourth-order valence-corrected chi connectivity index (χ4v) is 3.24. The van der Waals surface area contributed by atoms with Crippen molar-refractivity contribution in [2.45, 2.75) is 11.3 Å². The van der Waals surface area contributed by atoms with E-state index in [-0.39, 0.29) is 17.9 Å². The van der Waals surface area contributed by atoms with Crippen molar-refractivity contribution >= 4 is 40.9 Å². The van der Waals surface area contributed by atoms with Crippen molar-refractivity contribution in [1.29, 1.82) is 0 Å². The summed E-state index contributed by atoms with van der Waals surface area (Å²) < 4.78 is 15.2. The summed E-state index contributed by atoms with van der Waals surface area (Å²) in [5.41, 5.74) is 0.495. The van der Waals surface area contributed by atoms with Gasteiger partial charge in [0.1, 0.15) is 0 Å². The van der Waals surface area contributed by atoms with Crippen LogP contribution in [0.25, 0.3) is 0 Å². The highest BCUT2D eigenvalue weighted by Crippen LogP contribution is 2.34. The molecule has 0 heterocycles. The van der Waals surface area contributed by atoms with Gasteiger partial charge in [-0.05, 0) is 24.3 Å². The molecular weight excluding hydrogens is 390 g/mol. The van der Waals surface area contributed by atoms with E-state index in [1.807, 2.05) is 12.1 Å². The van der Waals surface area contributed by atoms with Crippen LogP contribution in [0.1, 0.15) is 16.8 Å². The smallest absolute Gasteiger partial charge is 0.340 e. The van der Waals surface area contributed by atoms with Crippen LogP contribution in [0.15, 0.2) is 41.3 Å². The van der Waals surface area contributed by atoms with E-state index >= 15 is 0 Å². The number of methoxy groups -OCH3 is 3. The summed E-state index contributed by atoms with van der Waals surface area (Å²) in [5, 5.41) is 3.40. The van der Waals surface area contributed by atoms with Gasteiger partial charge in [-0.15, -0.1) is 11.8 Å². The molecule has 2 aromatic carbocycles. The Hall–Kier alpha value is -2.38. The number of esters is 1. The lowest BCUT2D eigenvalue weighted by molar-refractivity contribution is -0.115. The molecule has 0 aliphatic rings. The second kappa shape index (κ2) is 10.1. The van der Waals surface area contributed by atoms with E-state index in [9.17, 15) is 9.59 Å². The SMILES string of the molecule is COC(=O)c1cc(OC)c(OC)cc1NC(=O)CCSc1ccc(Cl)cc1. The topological polar surface area (TPSA) is 73.9 Å². The molecule has 0 radical (unpaired) electrons. The third-order valence-corrected chi connectivity index (χ3v) is 4.88. The Balaban J connectivity index is 2.06. The maximum Gasteiger partial charge on any atom is 0.340 e. The van der Waals surface area contributed by atoms with Crippen LogP contribution in [0.5, 0.6) is 11.5 Å². The predicted octanol–water partition coefficient (Wildman–Crippen LogP) is 4.26. The van der Waals surface area contributed by atoms with Crippen LogP contribution < -0.4 is 14.8 Å². The lowest BCUT2D eigenvalue weighted by Gasteiger charge is -2.14. The van der Waals surface area contributed by atoms with Gasteiger partial charge >= 0.3 is 5.97 Å². The van der Waals surface area contributed by atoms with Crippen molar-refractivity contribution in [3.05, 3.63) is 47.0 Å². The van der Waals surface area contributed by atoms with E-state index in [4.69, 9.17) is 25.8 Å². The number of carbonyl (C=O) groups excluding carboxylic acids is 2. The van der Waals surface area contributed by atoms with E-state index in [1.54, 1.807) is 23.9 Å². The zero-order valence-electron chi connectivity index (χ0n) is 15.2. The molecule has 0 bridgehead atoms. The van der Waals surface area contributed by atoms with Gasteiger partial charge in [0.15, 0.2) is 11.5 Å². The second-order valence-corrected chi connectivity index (χ2v) is 6.95. The highest BCUT2D eigenvalue weighted by atomic mass is 35.5. The van der Waals surface area contributed by atoms with Gasteiger partial charge in [0.25, 0.3) is 0 Å². The number of benzene rings is 2. The fourth-order valence-electron chi connectivity index (χ4n) is 2.27. The maximum absolute atomic E-state index is 12.3. The van der Waals surface area contributed by atoms with Crippen LogP contribution in [-0.4, -0.2) is 39.0 Å². The molecule has 8 heteroatoms. The number of hydrogen-bond donors (Lipinski definition) is 1. The first-order valence-corrected chi connectivity index (χ1v) is 9.37. The zero-order valence-corrected chi connectivity index (χ0v) is 16.8. The van der Waals surface area contributed by atoms with Crippen molar-refractivity contribution < 1.29 is 23.8 Å². The lowest BCUT2D eigenvalue weighted by Crippen LogP contribution is -2.16. The summed E-state index contributed by atoms with van der Waals surface area (Å²) >= 11 is 7.40. The summed E-state index contributed by atoms with van der Waals surface area (Å²) in [6, 6.07) is 10.4. The summed E-state index contributed by atoms with van der Waals surface area (Å²) in [6.07, 6.45) is 0.266. The zero-order chi connectivity index (χ0) is 19.8. The van der Waals surface area contributed by atoms with Crippen molar-refractivity contribution in [3.63, 3.8) is 0 Å². The minimum Gasteiger partial charge on any atom is -0.493 e. The van der Waals surface area contributed by atoms with Gasteiger partial charge in [0, 0.05) is 34.2 Å². The molecule has 1 N–H and O–H groups in total. The molecule has 0 aromatic heterocycles. The number of nitrogens with one attached hydrogen (secondary N) is 1. The molecule has 0 unspecified atom stereocenters. The van der Waals surface area contributed by atoms with E-state index in [1.165, 1.54) is 33.5 Å². The minimum atomic E-state index is -0.582. The first kappa shape index (κ1) is 20.9. The molecule has 0 aliphatic heterocycles. The van der Waals surface area contributed by atoms with Crippen molar-refractivity contribution in [2.24, 2.45) is 0 Å². The number of halogens is 1. The van der Waals surface area contributed by atoms with Gasteiger partial charge < -0.3 is 19.5 Å². The number of amides is 1. The van der Waals surface area contributed by atoms with Gasteiger partial charge in [-0.3, -0.25) is 4.79 Å². The third kappa shape index (κ3) is 5.80. The highest BCUT2D eigenvalue weighted by molar-refractivity contribution is 7.99. The van der Waals surface area contributed by atoms with Crippen LogP contribution in [-0.2, 0) is 9.53 Å². The average Bonchev–Trinajstić information content (AvgIpc) is 2.68. The Bertz CT molecular complexity index is 810. The first-order valence-electron chi connectivity index (χ1n) is 8.01. The Morgan fingerprint density at radius 2 is 1.67 bits per heavy atom. The van der Waals surface area contributed by atoms with Gasteiger partial charge in [0.05, 0.1) is 32.6 Å². The van der Waals surface area contributed by atoms with Crippen LogP contribution in [0.2, 0.25) is 5.02 Å². The molecule has 27 heavy (non-hydrogen) atoms. The predicted molar refractivity (Wildman–Crippen MR) is 106 cm³/mol. The standard InChI is InChI=1S/C19H20ClNO5S/c1-24-16-10-14(19(23)26-3)15(11-17(16)25-2)21-18(22)8-9-27-13-6-4-12(20)5-7-13/h4-7,10-11H,8-9H2,1-3H3,(H,21,22). The van der Waals surface area contributed by atoms with Gasteiger partial charge in [-0.25, -0.2) is 4.79 Å². The van der Waals surface area contributed by atoms with E-state index < -0.39 is 5.97 Å². The number of anilines is 1. The van der Waals surface area contributed by atoms with Gasteiger partial charge in [0.2, 0.25) is 5.91 Å². The maximum atomic E-state index is 12.3. The van der Waals surface area contributed by atoms with E-state index in [0.717, 1.165) is 4.90 Å². The quantitative estimate of drug-likeness (QED) is 0.518. The fraction of sp³-hybridized carbons (Fsp3) is 0.263. The van der Waals surface area contributed by atoms with E-state index in [0.29, 0.717) is 28.0 Å². The molecule has 144 valence electrons. The number of thioether (sulfide) groups is 1. The van der Waals surface area contributed by atoms with Crippen molar-refractivity contribution in [3.8, 4) is 11.5 Å². The summed E-state index contributed by atoms with van der Waals surface area (Å²) in [4.78, 5) is 25.4. The Kier molecular flexibility index (Phi) is 7.82. The van der Waals surface area contributed by atoms with Crippen LogP contribution in [0, 0.1) is 0 Å². The molecule has 2 aromatic rings. The minimum absolute atomic E-state index is 0.189. The monoisotopic (exact) mass is 409 g/mol. The summed E-state index contributed by atoms with van der Waals surface area (Å²) in [6.45, 7) is 0. The number of hydrogen-bond acceptors (Lipinski definition) is 6. The Morgan fingerprint density at radius 1 is 1.04 bits per heavy atom. The van der Waals surface area contributed by atoms with Crippen molar-refractivity contribution in [2.75, 3.05) is 32.4 Å². The normalized spacial score (nSPS) is 10.2. The van der Waals surface area contributed by atoms with Crippen LogP contribution >= 0.6 is 23.4 Å². The van der Waals surface area contributed by atoms with Crippen molar-refractivity contribution in [1.82, 2.24) is 0 Å². The van der Waals surface area contributed by atoms with Crippen LogP contribution in [0.4, 0.5) is 5.69 Å². The van der Waals surface area contributed by atoms with Gasteiger partial charge in [-0.1, -0.05) is 11.6 Å². The summed E-state index contributed by atoms with van der Waals surface area (Å²) in [7, 11) is 4.21. The number of ether oxygens (including phenoxy) is 3. The number of carbonyl (C=O) groups is 2. The lowest BCUT2D eigenvalue weighted by atomic mass is 10.1. The van der Waals surface area contributed by atoms with E-state index in [2.05, 4.69) is 5.32 Å². The molecule has 1 amide bonds. The van der Waals surface area contributed by atoms with Crippen LogP contribution in [0.3, 0.4) is 0 Å². The Morgan fingerprint density at radius 3 is 2.26 bits per heavy atom. The third-order valence-electron chi connectivity index (χ3n) is 3.61. The largest absolute Gasteiger partial charge is 0.493 e. The molecule has 0 saturated carbocycles.